The van der Waals surface area contributed by atoms with E-state index in [4.69, 9.17) is 21.4 Å². The largest absolute Gasteiger partial charge is 0.496 e. The van der Waals surface area contributed by atoms with Crippen molar-refractivity contribution in [3.05, 3.63) is 64.8 Å². The summed E-state index contributed by atoms with van der Waals surface area (Å²) in [7, 11) is 1.60. The molecule has 0 aliphatic carbocycles. The molecule has 3 aromatic rings. The fourth-order valence-electron chi connectivity index (χ4n) is 2.34. The Kier molecular flexibility index (Phi) is 4.48. The smallest absolute Gasteiger partial charge is 0.335 e. The summed E-state index contributed by atoms with van der Waals surface area (Å²) < 4.78 is 7.00. The number of halogens is 1. The average Bonchev–Trinajstić information content (AvgIpc) is 3.04. The molecule has 0 saturated carbocycles. The van der Waals surface area contributed by atoms with Gasteiger partial charge >= 0.3 is 5.97 Å². The van der Waals surface area contributed by atoms with E-state index in [0.29, 0.717) is 17.3 Å². The van der Waals surface area contributed by atoms with Gasteiger partial charge in [0.2, 0.25) is 0 Å². The van der Waals surface area contributed by atoms with Gasteiger partial charge in [-0.25, -0.2) is 9.48 Å². The Morgan fingerprint density at radius 1 is 1.25 bits per heavy atom. The van der Waals surface area contributed by atoms with Crippen molar-refractivity contribution in [3.8, 4) is 17.0 Å². The molecule has 0 aliphatic rings. The summed E-state index contributed by atoms with van der Waals surface area (Å²) in [5.74, 6) is -0.236. The van der Waals surface area contributed by atoms with Crippen LogP contribution >= 0.6 is 11.6 Å². The molecule has 0 spiro atoms. The second kappa shape index (κ2) is 6.72. The molecule has 6 nitrogen and oxygen atoms in total. The van der Waals surface area contributed by atoms with E-state index in [1.54, 1.807) is 42.3 Å². The number of rotatable bonds is 5. The molecule has 1 heterocycles. The SMILES string of the molecule is COc1ccc(Cl)cc1Cn1cc(-c2ccc(C(=O)O)cc2)nn1. The van der Waals surface area contributed by atoms with Crippen LogP contribution in [0.2, 0.25) is 5.02 Å². The Bertz CT molecular complexity index is 875. The fraction of sp³-hybridized carbons (Fsp3) is 0.118. The molecule has 122 valence electrons. The lowest BCUT2D eigenvalue weighted by atomic mass is 10.1. The molecule has 0 unspecified atom stereocenters. The normalized spacial score (nSPS) is 10.6. The Balaban J connectivity index is 1.83. The number of carboxylic acids is 1. The molecule has 0 radical (unpaired) electrons. The number of benzene rings is 2. The maximum atomic E-state index is 10.9. The van der Waals surface area contributed by atoms with E-state index in [9.17, 15) is 4.79 Å². The van der Waals surface area contributed by atoms with Gasteiger partial charge in [0.25, 0.3) is 0 Å². The fourth-order valence-corrected chi connectivity index (χ4v) is 2.53. The van der Waals surface area contributed by atoms with E-state index in [1.165, 1.54) is 12.1 Å². The molecule has 1 N–H and O–H groups in total. The van der Waals surface area contributed by atoms with Crippen LogP contribution in [0.25, 0.3) is 11.3 Å². The van der Waals surface area contributed by atoms with Crippen molar-refractivity contribution in [1.82, 2.24) is 15.0 Å². The summed E-state index contributed by atoms with van der Waals surface area (Å²) in [6.45, 7) is 0.462. The van der Waals surface area contributed by atoms with Gasteiger partial charge in [0, 0.05) is 16.1 Å². The zero-order valence-electron chi connectivity index (χ0n) is 12.8. The van der Waals surface area contributed by atoms with Crippen LogP contribution in [0.15, 0.2) is 48.7 Å². The molecule has 2 aromatic carbocycles. The summed E-state index contributed by atoms with van der Waals surface area (Å²) in [4.78, 5) is 10.9. The maximum Gasteiger partial charge on any atom is 0.335 e. The number of aromatic nitrogens is 3. The first kappa shape index (κ1) is 16.0. The lowest BCUT2D eigenvalue weighted by Crippen LogP contribution is -2.02. The number of methoxy groups -OCH3 is 1. The second-order valence-electron chi connectivity index (χ2n) is 5.14. The molecule has 0 bridgehead atoms. The van der Waals surface area contributed by atoms with Gasteiger partial charge in [-0.05, 0) is 30.3 Å². The highest BCUT2D eigenvalue weighted by Crippen LogP contribution is 2.24. The van der Waals surface area contributed by atoms with Crippen molar-refractivity contribution >= 4 is 17.6 Å². The topological polar surface area (TPSA) is 77.2 Å². The molecule has 0 fully saturated rings. The van der Waals surface area contributed by atoms with Crippen molar-refractivity contribution in [2.24, 2.45) is 0 Å². The van der Waals surface area contributed by atoms with Crippen LogP contribution in [0, 0.1) is 0 Å². The van der Waals surface area contributed by atoms with Crippen molar-refractivity contribution in [1.29, 1.82) is 0 Å². The van der Waals surface area contributed by atoms with Gasteiger partial charge in [0.1, 0.15) is 11.4 Å². The van der Waals surface area contributed by atoms with Crippen LogP contribution in [0.3, 0.4) is 0 Å². The second-order valence-corrected chi connectivity index (χ2v) is 5.58. The first-order valence-corrected chi connectivity index (χ1v) is 7.51. The van der Waals surface area contributed by atoms with Gasteiger partial charge in [-0.3, -0.25) is 0 Å². The van der Waals surface area contributed by atoms with Crippen LogP contribution in [-0.4, -0.2) is 33.2 Å². The Labute approximate surface area is 143 Å². The van der Waals surface area contributed by atoms with E-state index < -0.39 is 5.97 Å². The standard InChI is InChI=1S/C17H14ClN3O3/c1-24-16-7-6-14(18)8-13(16)9-21-10-15(19-20-21)11-2-4-12(5-3-11)17(22)23/h2-8,10H,9H2,1H3,(H,22,23). The molecule has 1 aromatic heterocycles. The Hall–Kier alpha value is -2.86. The predicted molar refractivity (Wildman–Crippen MR) is 89.5 cm³/mol. The highest BCUT2D eigenvalue weighted by molar-refractivity contribution is 6.30. The first-order chi connectivity index (χ1) is 11.6. The molecular formula is C17H14ClN3O3. The van der Waals surface area contributed by atoms with E-state index in [2.05, 4.69) is 10.3 Å². The molecule has 0 amide bonds. The third kappa shape index (κ3) is 3.38. The van der Waals surface area contributed by atoms with Crippen molar-refractivity contribution in [2.75, 3.05) is 7.11 Å². The minimum absolute atomic E-state index is 0.231. The van der Waals surface area contributed by atoms with Crippen LogP contribution in [0.5, 0.6) is 5.75 Å². The number of nitrogens with zero attached hydrogens (tertiary/aromatic N) is 3. The van der Waals surface area contributed by atoms with Crippen LogP contribution in [0.4, 0.5) is 0 Å². The molecule has 0 atom stereocenters. The highest BCUT2D eigenvalue weighted by atomic mass is 35.5. The summed E-state index contributed by atoms with van der Waals surface area (Å²) in [6.07, 6.45) is 1.79. The van der Waals surface area contributed by atoms with Crippen LogP contribution < -0.4 is 4.74 Å². The summed E-state index contributed by atoms with van der Waals surface area (Å²) in [6, 6.07) is 11.9. The zero-order chi connectivity index (χ0) is 17.1. The number of ether oxygens (including phenoxy) is 1. The number of hydrogen-bond donors (Lipinski definition) is 1. The van der Waals surface area contributed by atoms with Crippen molar-refractivity contribution in [2.45, 2.75) is 6.54 Å². The highest BCUT2D eigenvalue weighted by Gasteiger charge is 2.09. The third-order valence-electron chi connectivity index (χ3n) is 3.54. The van der Waals surface area contributed by atoms with E-state index in [1.807, 2.05) is 6.07 Å². The first-order valence-electron chi connectivity index (χ1n) is 7.13. The monoisotopic (exact) mass is 343 g/mol. The third-order valence-corrected chi connectivity index (χ3v) is 3.78. The zero-order valence-corrected chi connectivity index (χ0v) is 13.6. The van der Waals surface area contributed by atoms with Crippen molar-refractivity contribution in [3.63, 3.8) is 0 Å². The van der Waals surface area contributed by atoms with Crippen LogP contribution in [0.1, 0.15) is 15.9 Å². The van der Waals surface area contributed by atoms with Gasteiger partial charge in [-0.2, -0.15) is 0 Å². The molecular weight excluding hydrogens is 330 g/mol. The van der Waals surface area contributed by atoms with Gasteiger partial charge in [-0.1, -0.05) is 28.9 Å². The Morgan fingerprint density at radius 3 is 2.67 bits per heavy atom. The number of carboxylic acid groups (broad SMARTS) is 1. The van der Waals surface area contributed by atoms with Gasteiger partial charge in [0.05, 0.1) is 25.4 Å². The minimum Gasteiger partial charge on any atom is -0.496 e. The molecule has 24 heavy (non-hydrogen) atoms. The molecule has 0 saturated heterocycles. The number of carbonyl (C=O) groups is 1. The van der Waals surface area contributed by atoms with Crippen molar-refractivity contribution < 1.29 is 14.6 Å². The molecule has 0 aliphatic heterocycles. The van der Waals surface area contributed by atoms with E-state index in [-0.39, 0.29) is 5.56 Å². The Morgan fingerprint density at radius 2 is 2.00 bits per heavy atom. The van der Waals surface area contributed by atoms with E-state index >= 15 is 0 Å². The molecule has 3 rings (SSSR count). The quantitative estimate of drug-likeness (QED) is 0.768. The van der Waals surface area contributed by atoms with Gasteiger partial charge < -0.3 is 9.84 Å². The average molecular weight is 344 g/mol. The summed E-state index contributed by atoms with van der Waals surface area (Å²) in [5, 5.41) is 17.8. The number of aromatic carboxylic acids is 1. The predicted octanol–water partition coefficient (Wildman–Crippen LogP) is 3.35. The lowest BCUT2D eigenvalue weighted by Gasteiger charge is -2.08. The van der Waals surface area contributed by atoms with E-state index in [0.717, 1.165) is 16.9 Å². The van der Waals surface area contributed by atoms with Gasteiger partial charge in [-0.15, -0.1) is 5.10 Å². The summed E-state index contributed by atoms with van der Waals surface area (Å²) >= 11 is 6.03. The molecule has 7 heteroatoms. The lowest BCUT2D eigenvalue weighted by molar-refractivity contribution is 0.0697. The van der Waals surface area contributed by atoms with Gasteiger partial charge in [0.15, 0.2) is 0 Å². The number of hydrogen-bond acceptors (Lipinski definition) is 4. The van der Waals surface area contributed by atoms with Crippen LogP contribution in [-0.2, 0) is 6.54 Å². The maximum absolute atomic E-state index is 10.9. The minimum atomic E-state index is -0.960. The summed E-state index contributed by atoms with van der Waals surface area (Å²) in [5.41, 5.74) is 2.58.